The van der Waals surface area contributed by atoms with Crippen molar-refractivity contribution in [3.8, 4) is 11.3 Å². The predicted molar refractivity (Wildman–Crippen MR) is 68.5 cm³/mol. The van der Waals surface area contributed by atoms with Gasteiger partial charge in [-0.2, -0.15) is 13.2 Å². The fourth-order valence-corrected chi connectivity index (χ4v) is 2.00. The second-order valence-corrected chi connectivity index (χ2v) is 4.40. The molecule has 2 heterocycles. The first kappa shape index (κ1) is 12.5. The lowest BCUT2D eigenvalue weighted by molar-refractivity contribution is -0.137. The number of hydrogen-bond acceptors (Lipinski definition) is 1. The summed E-state index contributed by atoms with van der Waals surface area (Å²) in [6, 6.07) is 7.69. The van der Waals surface area contributed by atoms with E-state index in [1.807, 2.05) is 0 Å². The summed E-state index contributed by atoms with van der Waals surface area (Å²) in [5, 5.41) is 0. The molecule has 20 heavy (non-hydrogen) atoms. The van der Waals surface area contributed by atoms with Crippen LogP contribution in [0.1, 0.15) is 5.56 Å². The molecule has 0 spiro atoms. The van der Waals surface area contributed by atoms with Gasteiger partial charge in [-0.1, -0.05) is 12.1 Å². The van der Waals surface area contributed by atoms with E-state index in [1.54, 1.807) is 16.8 Å². The van der Waals surface area contributed by atoms with Crippen LogP contribution in [-0.2, 0) is 6.18 Å². The molecule has 0 aliphatic carbocycles. The number of aromatic amines is 1. The molecule has 0 bridgehead atoms. The van der Waals surface area contributed by atoms with Crippen LogP contribution in [0.25, 0.3) is 16.9 Å². The summed E-state index contributed by atoms with van der Waals surface area (Å²) in [5.74, 6) is 0. The van der Waals surface area contributed by atoms with Crippen molar-refractivity contribution in [1.82, 2.24) is 9.38 Å². The molecule has 3 aromatic rings. The van der Waals surface area contributed by atoms with Crippen molar-refractivity contribution in [1.29, 1.82) is 0 Å². The highest BCUT2D eigenvalue weighted by Gasteiger charge is 2.29. The van der Waals surface area contributed by atoms with Crippen LogP contribution in [0, 0.1) is 0 Å². The molecule has 0 unspecified atom stereocenters. The summed E-state index contributed by atoms with van der Waals surface area (Å²) >= 11 is 0. The summed E-state index contributed by atoms with van der Waals surface area (Å²) in [6.45, 7) is 0. The number of halogens is 3. The van der Waals surface area contributed by atoms with Crippen molar-refractivity contribution < 1.29 is 13.2 Å². The van der Waals surface area contributed by atoms with Gasteiger partial charge in [-0.05, 0) is 17.7 Å². The van der Waals surface area contributed by atoms with Gasteiger partial charge < -0.3 is 9.38 Å². The maximum atomic E-state index is 12.5. The van der Waals surface area contributed by atoms with E-state index in [4.69, 9.17) is 0 Å². The molecule has 0 aliphatic heterocycles. The zero-order valence-corrected chi connectivity index (χ0v) is 10.1. The molecule has 3 rings (SSSR count). The van der Waals surface area contributed by atoms with Crippen molar-refractivity contribution in [2.45, 2.75) is 6.18 Å². The highest BCUT2D eigenvalue weighted by Crippen LogP contribution is 2.30. The van der Waals surface area contributed by atoms with Crippen molar-refractivity contribution in [2.75, 3.05) is 0 Å². The molecule has 6 heteroatoms. The van der Waals surface area contributed by atoms with E-state index < -0.39 is 11.7 Å². The minimum atomic E-state index is -4.34. The summed E-state index contributed by atoms with van der Waals surface area (Å²) in [4.78, 5) is 14.2. The van der Waals surface area contributed by atoms with Gasteiger partial charge in [0.1, 0.15) is 5.65 Å². The lowest BCUT2D eigenvalue weighted by atomic mass is 10.1. The van der Waals surface area contributed by atoms with Crippen LogP contribution in [0.5, 0.6) is 0 Å². The number of imidazole rings is 1. The van der Waals surface area contributed by atoms with E-state index in [0.29, 0.717) is 16.9 Å². The third kappa shape index (κ3) is 2.20. The standard InChI is InChI=1S/C14H9F3N2O/c15-14(16,17)10-3-1-9(2-4-10)12-8-19-6-5-11(20)7-13(19)18-12/h1-8,18H. The van der Waals surface area contributed by atoms with Gasteiger partial charge in [-0.25, -0.2) is 0 Å². The van der Waals surface area contributed by atoms with E-state index >= 15 is 0 Å². The number of nitrogens with zero attached hydrogens (tertiary/aromatic N) is 1. The first-order chi connectivity index (χ1) is 9.43. The number of fused-ring (bicyclic) bond motifs is 1. The van der Waals surface area contributed by atoms with Gasteiger partial charge in [0.25, 0.3) is 0 Å². The zero-order chi connectivity index (χ0) is 14.3. The van der Waals surface area contributed by atoms with Crippen LogP contribution in [0.4, 0.5) is 13.2 Å². The minimum absolute atomic E-state index is 0.134. The molecule has 0 atom stereocenters. The quantitative estimate of drug-likeness (QED) is 0.728. The van der Waals surface area contributed by atoms with Gasteiger partial charge in [-0.15, -0.1) is 0 Å². The average Bonchev–Trinajstić information content (AvgIpc) is 2.80. The summed E-state index contributed by atoms with van der Waals surface area (Å²) in [6.07, 6.45) is -1.02. The Morgan fingerprint density at radius 1 is 1.05 bits per heavy atom. The Morgan fingerprint density at radius 2 is 1.75 bits per heavy atom. The van der Waals surface area contributed by atoms with Gasteiger partial charge in [0.15, 0.2) is 5.43 Å². The van der Waals surface area contributed by atoms with Crippen LogP contribution in [0.15, 0.2) is 53.6 Å². The zero-order valence-electron chi connectivity index (χ0n) is 10.1. The van der Waals surface area contributed by atoms with Gasteiger partial charge in [0, 0.05) is 24.5 Å². The number of rotatable bonds is 1. The largest absolute Gasteiger partial charge is 0.416 e. The molecule has 2 aromatic heterocycles. The van der Waals surface area contributed by atoms with Crippen molar-refractivity contribution in [3.05, 3.63) is 64.6 Å². The molecule has 3 nitrogen and oxygen atoms in total. The van der Waals surface area contributed by atoms with Crippen LogP contribution < -0.4 is 5.43 Å². The molecular weight excluding hydrogens is 269 g/mol. The topological polar surface area (TPSA) is 37.3 Å². The first-order valence-electron chi connectivity index (χ1n) is 5.82. The number of H-pyrrole nitrogens is 1. The fourth-order valence-electron chi connectivity index (χ4n) is 2.00. The molecule has 0 aliphatic rings. The van der Waals surface area contributed by atoms with Crippen molar-refractivity contribution in [2.24, 2.45) is 0 Å². The minimum Gasteiger partial charge on any atom is -0.340 e. The molecule has 102 valence electrons. The molecule has 0 fully saturated rings. The van der Waals surface area contributed by atoms with Crippen molar-refractivity contribution >= 4 is 5.65 Å². The summed E-state index contributed by atoms with van der Waals surface area (Å²) in [5.41, 5.74) is 1.03. The third-order valence-corrected chi connectivity index (χ3v) is 3.01. The highest BCUT2D eigenvalue weighted by atomic mass is 19.4. The van der Waals surface area contributed by atoms with Gasteiger partial charge in [-0.3, -0.25) is 4.79 Å². The van der Waals surface area contributed by atoms with Crippen LogP contribution in [0.3, 0.4) is 0 Å². The number of hydrogen-bond donors (Lipinski definition) is 1. The summed E-state index contributed by atoms with van der Waals surface area (Å²) < 4.78 is 39.2. The molecular formula is C14H9F3N2O. The Labute approximate surface area is 111 Å². The number of pyridine rings is 1. The van der Waals surface area contributed by atoms with Crippen molar-refractivity contribution in [3.63, 3.8) is 0 Å². The molecule has 1 N–H and O–H groups in total. The molecule has 0 saturated heterocycles. The number of aromatic nitrogens is 2. The molecule has 0 radical (unpaired) electrons. The molecule has 0 saturated carbocycles. The van der Waals surface area contributed by atoms with Crippen LogP contribution in [0.2, 0.25) is 0 Å². The Kier molecular flexibility index (Phi) is 2.67. The van der Waals surface area contributed by atoms with E-state index in [9.17, 15) is 18.0 Å². The van der Waals surface area contributed by atoms with E-state index in [0.717, 1.165) is 12.1 Å². The predicted octanol–water partition coefficient (Wildman–Crippen LogP) is 3.31. The second kappa shape index (κ2) is 4.26. The smallest absolute Gasteiger partial charge is 0.340 e. The number of alkyl halides is 3. The Hall–Kier alpha value is -2.50. The maximum Gasteiger partial charge on any atom is 0.416 e. The van der Waals surface area contributed by atoms with E-state index in [1.165, 1.54) is 24.3 Å². The summed E-state index contributed by atoms with van der Waals surface area (Å²) in [7, 11) is 0. The average molecular weight is 278 g/mol. The maximum absolute atomic E-state index is 12.5. The third-order valence-electron chi connectivity index (χ3n) is 3.01. The fraction of sp³-hybridized carbons (Fsp3) is 0.0714. The van der Waals surface area contributed by atoms with Gasteiger partial charge >= 0.3 is 6.18 Å². The lowest BCUT2D eigenvalue weighted by Crippen LogP contribution is -2.03. The first-order valence-corrected chi connectivity index (χ1v) is 5.82. The van der Waals surface area contributed by atoms with Gasteiger partial charge in [0.2, 0.25) is 0 Å². The second-order valence-electron chi connectivity index (χ2n) is 4.40. The monoisotopic (exact) mass is 278 g/mol. The van der Waals surface area contributed by atoms with E-state index in [-0.39, 0.29) is 5.43 Å². The Bertz CT molecular complexity index is 813. The van der Waals surface area contributed by atoms with Crippen LogP contribution in [-0.4, -0.2) is 9.38 Å². The highest BCUT2D eigenvalue weighted by molar-refractivity contribution is 5.62. The number of nitrogens with one attached hydrogen (secondary N) is 1. The Balaban J connectivity index is 2.04. The number of benzene rings is 1. The van der Waals surface area contributed by atoms with E-state index in [2.05, 4.69) is 4.98 Å². The lowest BCUT2D eigenvalue weighted by Gasteiger charge is -2.06. The Morgan fingerprint density at radius 3 is 2.40 bits per heavy atom. The van der Waals surface area contributed by atoms with Gasteiger partial charge in [0.05, 0.1) is 11.3 Å². The molecule has 0 amide bonds. The SMILES string of the molecule is O=c1ccn2cc(-c3ccc(C(F)(F)F)cc3)[nH]c2c1. The molecule has 1 aromatic carbocycles. The normalized spacial score (nSPS) is 11.9. The van der Waals surface area contributed by atoms with Crippen LogP contribution >= 0.6 is 0 Å².